The maximum atomic E-state index is 12.5. The van der Waals surface area contributed by atoms with E-state index in [1.165, 1.54) is 22.7 Å². The molecule has 33 heavy (non-hydrogen) atoms. The largest absolute Gasteiger partial charge is 0.343 e. The average molecular weight is 480 g/mol. The zero-order valence-electron chi connectivity index (χ0n) is 17.7. The Morgan fingerprint density at radius 2 is 1.82 bits per heavy atom. The number of hydrogen-bond donors (Lipinski definition) is 2. The number of nitrogens with one attached hydrogen (secondary N) is 2. The second-order valence-electron chi connectivity index (χ2n) is 8.04. The molecule has 1 aromatic carbocycles. The van der Waals surface area contributed by atoms with Crippen LogP contribution in [0.2, 0.25) is 0 Å². The van der Waals surface area contributed by atoms with Gasteiger partial charge < -0.3 is 15.5 Å². The van der Waals surface area contributed by atoms with Crippen LogP contribution in [0.25, 0.3) is 0 Å². The first-order chi connectivity index (χ1) is 16.0. The van der Waals surface area contributed by atoms with Gasteiger partial charge in [0.2, 0.25) is 11.7 Å². The fourth-order valence-corrected chi connectivity index (χ4v) is 5.84. The van der Waals surface area contributed by atoms with Crippen molar-refractivity contribution in [3.8, 4) is 0 Å². The predicted molar refractivity (Wildman–Crippen MR) is 128 cm³/mol. The molecule has 0 bridgehead atoms. The smallest absolute Gasteiger partial charge is 0.313 e. The second-order valence-corrected chi connectivity index (χ2v) is 9.98. The van der Waals surface area contributed by atoms with Gasteiger partial charge in [-0.2, -0.15) is 11.3 Å². The first-order valence-electron chi connectivity index (χ1n) is 10.7. The number of anilines is 2. The van der Waals surface area contributed by atoms with Crippen molar-refractivity contribution in [3.63, 3.8) is 0 Å². The van der Waals surface area contributed by atoms with Crippen molar-refractivity contribution < 1.29 is 19.2 Å². The first-order valence-corrected chi connectivity index (χ1v) is 12.5. The van der Waals surface area contributed by atoms with Crippen molar-refractivity contribution in [1.82, 2.24) is 5.32 Å². The summed E-state index contributed by atoms with van der Waals surface area (Å²) < 4.78 is 0. The summed E-state index contributed by atoms with van der Waals surface area (Å²) in [6.07, 6.45) is 2.82. The van der Waals surface area contributed by atoms with Crippen molar-refractivity contribution in [3.05, 3.63) is 67.5 Å². The quantitative estimate of drug-likeness (QED) is 0.432. The van der Waals surface area contributed by atoms with Crippen LogP contribution in [0.1, 0.15) is 44.1 Å². The highest BCUT2D eigenvalue weighted by molar-refractivity contribution is 7.14. The molecular formula is C24H21N3O4S2. The van der Waals surface area contributed by atoms with E-state index in [4.69, 9.17) is 0 Å². The van der Waals surface area contributed by atoms with Crippen LogP contribution in [0.15, 0.2) is 41.1 Å². The van der Waals surface area contributed by atoms with E-state index in [-0.39, 0.29) is 18.2 Å². The van der Waals surface area contributed by atoms with Gasteiger partial charge in [0, 0.05) is 34.5 Å². The van der Waals surface area contributed by atoms with E-state index < -0.39 is 11.8 Å². The summed E-state index contributed by atoms with van der Waals surface area (Å²) in [5, 5.41) is 8.97. The summed E-state index contributed by atoms with van der Waals surface area (Å²) in [5.41, 5.74) is 4.26. The molecule has 0 aliphatic carbocycles. The lowest BCUT2D eigenvalue weighted by molar-refractivity contribution is -0.136. The summed E-state index contributed by atoms with van der Waals surface area (Å²) in [6, 6.07) is 9.01. The van der Waals surface area contributed by atoms with Gasteiger partial charge in [-0.3, -0.25) is 19.2 Å². The molecule has 168 valence electrons. The molecule has 4 heterocycles. The molecule has 3 aromatic rings. The molecule has 9 heteroatoms. The van der Waals surface area contributed by atoms with Crippen LogP contribution in [0, 0.1) is 0 Å². The standard InChI is InChI=1S/C24H21N3O4S2/c28-20-6-3-15-11-17(10-14-2-1-8-27(20)21(14)15)26-24(31)23(30)25-12-18-4-5-19(33-18)22(29)16-7-9-32-13-16/h4-5,7,9-11,13H,1-3,6,8,12H2,(H,25,30)(H,26,31). The fraction of sp³-hybridized carbons (Fsp3) is 0.250. The summed E-state index contributed by atoms with van der Waals surface area (Å²) in [5.74, 6) is -1.38. The second kappa shape index (κ2) is 8.92. The maximum absolute atomic E-state index is 12.5. The minimum atomic E-state index is -0.743. The van der Waals surface area contributed by atoms with E-state index in [2.05, 4.69) is 10.6 Å². The summed E-state index contributed by atoms with van der Waals surface area (Å²) >= 11 is 2.77. The molecule has 5 rings (SSSR count). The maximum Gasteiger partial charge on any atom is 0.313 e. The van der Waals surface area contributed by atoms with Crippen LogP contribution in [-0.4, -0.2) is 30.0 Å². The van der Waals surface area contributed by atoms with Crippen molar-refractivity contribution in [1.29, 1.82) is 0 Å². The number of thiophene rings is 2. The number of carbonyl (C=O) groups excluding carboxylic acids is 4. The predicted octanol–water partition coefficient (Wildman–Crippen LogP) is 3.52. The van der Waals surface area contributed by atoms with Crippen LogP contribution in [0.5, 0.6) is 0 Å². The van der Waals surface area contributed by atoms with Gasteiger partial charge in [0.1, 0.15) is 0 Å². The molecule has 2 N–H and O–H groups in total. The number of hydrogen-bond acceptors (Lipinski definition) is 6. The van der Waals surface area contributed by atoms with Crippen molar-refractivity contribution in [2.24, 2.45) is 0 Å². The minimum absolute atomic E-state index is 0.0480. The van der Waals surface area contributed by atoms with E-state index in [0.717, 1.165) is 41.1 Å². The third-order valence-corrected chi connectivity index (χ3v) is 7.60. The molecular weight excluding hydrogens is 458 g/mol. The lowest BCUT2D eigenvalue weighted by Gasteiger charge is -2.35. The SMILES string of the molecule is O=C(NCc1ccc(C(=O)c2ccsc2)s1)C(=O)Nc1cc2c3c(c1)CCC(=O)N3CCC2. The molecule has 0 radical (unpaired) electrons. The highest BCUT2D eigenvalue weighted by Crippen LogP contribution is 2.37. The number of amides is 3. The Morgan fingerprint density at radius 1 is 1.00 bits per heavy atom. The Kier molecular flexibility index (Phi) is 5.82. The Hall–Kier alpha value is -3.30. The summed E-state index contributed by atoms with van der Waals surface area (Å²) in [4.78, 5) is 52.7. The number of carbonyl (C=O) groups is 4. The Balaban J connectivity index is 1.21. The number of benzene rings is 1. The van der Waals surface area contributed by atoms with E-state index in [1.54, 1.807) is 23.6 Å². The van der Waals surface area contributed by atoms with E-state index in [1.807, 2.05) is 22.4 Å². The van der Waals surface area contributed by atoms with Gasteiger partial charge >= 0.3 is 11.8 Å². The molecule has 2 aliphatic heterocycles. The van der Waals surface area contributed by atoms with Gasteiger partial charge in [-0.1, -0.05) is 0 Å². The average Bonchev–Trinajstić information content (AvgIpc) is 3.52. The van der Waals surface area contributed by atoms with Gasteiger partial charge in [0.05, 0.1) is 17.1 Å². The van der Waals surface area contributed by atoms with Gasteiger partial charge in [-0.25, -0.2) is 0 Å². The molecule has 0 fully saturated rings. The molecule has 7 nitrogen and oxygen atoms in total. The minimum Gasteiger partial charge on any atom is -0.343 e. The molecule has 2 aromatic heterocycles. The van der Waals surface area contributed by atoms with Crippen LogP contribution < -0.4 is 15.5 Å². The highest BCUT2D eigenvalue weighted by atomic mass is 32.1. The van der Waals surface area contributed by atoms with Crippen LogP contribution in [0.4, 0.5) is 11.4 Å². The lowest BCUT2D eigenvalue weighted by Crippen LogP contribution is -2.39. The van der Waals surface area contributed by atoms with Crippen molar-refractivity contribution >= 4 is 57.6 Å². The Morgan fingerprint density at radius 3 is 2.61 bits per heavy atom. The van der Waals surface area contributed by atoms with Crippen LogP contribution >= 0.6 is 22.7 Å². The van der Waals surface area contributed by atoms with Gasteiger partial charge in [-0.05, 0) is 66.1 Å². The van der Waals surface area contributed by atoms with E-state index in [9.17, 15) is 19.2 Å². The van der Waals surface area contributed by atoms with Crippen molar-refractivity contribution in [2.75, 3.05) is 16.8 Å². The van der Waals surface area contributed by atoms with Crippen LogP contribution in [0.3, 0.4) is 0 Å². The topological polar surface area (TPSA) is 95.6 Å². The zero-order valence-corrected chi connectivity index (χ0v) is 19.3. The van der Waals surface area contributed by atoms with E-state index >= 15 is 0 Å². The number of ketones is 1. The van der Waals surface area contributed by atoms with Gasteiger partial charge in [0.15, 0.2) is 0 Å². The van der Waals surface area contributed by atoms with Gasteiger partial charge in [0.25, 0.3) is 0 Å². The summed E-state index contributed by atoms with van der Waals surface area (Å²) in [6.45, 7) is 0.899. The zero-order chi connectivity index (χ0) is 22.9. The molecule has 0 unspecified atom stereocenters. The molecule has 0 saturated heterocycles. The number of rotatable bonds is 5. The molecule has 3 amide bonds. The van der Waals surface area contributed by atoms with E-state index in [0.29, 0.717) is 29.0 Å². The molecule has 0 saturated carbocycles. The molecule has 2 aliphatic rings. The normalized spacial score (nSPS) is 14.5. The summed E-state index contributed by atoms with van der Waals surface area (Å²) in [7, 11) is 0. The van der Waals surface area contributed by atoms with Crippen molar-refractivity contribution in [2.45, 2.75) is 32.2 Å². The monoisotopic (exact) mass is 479 g/mol. The number of aryl methyl sites for hydroxylation is 2. The third-order valence-electron chi connectivity index (χ3n) is 5.83. The highest BCUT2D eigenvalue weighted by Gasteiger charge is 2.30. The Bertz CT molecular complexity index is 1250. The molecule has 0 atom stereocenters. The van der Waals surface area contributed by atoms with Gasteiger partial charge in [-0.15, -0.1) is 11.3 Å². The molecule has 0 spiro atoms. The third kappa shape index (κ3) is 4.34. The number of nitrogens with zero attached hydrogens (tertiary/aromatic N) is 1. The first kappa shape index (κ1) is 21.5. The van der Waals surface area contributed by atoms with Crippen LogP contribution in [-0.2, 0) is 33.8 Å². The Labute approximate surface area is 198 Å². The fourth-order valence-electron chi connectivity index (χ4n) is 4.29. The lowest BCUT2D eigenvalue weighted by atomic mass is 9.91.